The molecule has 19 heavy (non-hydrogen) atoms. The summed E-state index contributed by atoms with van der Waals surface area (Å²) in [4.78, 5) is 12.2. The molecule has 2 aromatic carbocycles. The van der Waals surface area contributed by atoms with E-state index in [1.807, 2.05) is 6.07 Å². The number of ketones is 1. The molecule has 0 aliphatic carbocycles. The fourth-order valence-corrected chi connectivity index (χ4v) is 1.68. The molecule has 1 N–H and O–H groups in total. The molecule has 0 saturated carbocycles. The molecule has 0 atom stereocenters. The van der Waals surface area contributed by atoms with Crippen LogP contribution in [-0.2, 0) is 0 Å². The third-order valence-corrected chi connectivity index (χ3v) is 2.73. The first-order valence-corrected chi connectivity index (χ1v) is 5.57. The van der Waals surface area contributed by atoms with Crippen molar-refractivity contribution in [1.82, 2.24) is 0 Å². The number of nitriles is 1. The average Bonchev–Trinajstić information content (AvgIpc) is 2.47. The van der Waals surface area contributed by atoms with E-state index in [1.54, 1.807) is 31.4 Å². The van der Waals surface area contributed by atoms with Crippen LogP contribution in [0.5, 0.6) is 11.5 Å². The summed E-state index contributed by atoms with van der Waals surface area (Å²) < 4.78 is 5.02. The summed E-state index contributed by atoms with van der Waals surface area (Å²) in [5.74, 6) is 0.327. The zero-order valence-corrected chi connectivity index (χ0v) is 10.3. The maximum absolute atomic E-state index is 12.2. The summed E-state index contributed by atoms with van der Waals surface area (Å²) in [5.41, 5.74) is 0.939. The van der Waals surface area contributed by atoms with Crippen molar-refractivity contribution in [3.05, 3.63) is 59.2 Å². The van der Waals surface area contributed by atoms with Gasteiger partial charge >= 0.3 is 0 Å². The first kappa shape index (κ1) is 12.7. The van der Waals surface area contributed by atoms with Gasteiger partial charge in [0.2, 0.25) is 0 Å². The molecule has 0 heterocycles. The number of nitrogens with zero attached hydrogens (tertiary/aromatic N) is 1. The van der Waals surface area contributed by atoms with E-state index in [1.165, 1.54) is 18.2 Å². The lowest BCUT2D eigenvalue weighted by atomic mass is 10.0. The largest absolute Gasteiger partial charge is 0.507 e. The van der Waals surface area contributed by atoms with Gasteiger partial charge in [-0.2, -0.15) is 5.26 Å². The third-order valence-electron chi connectivity index (χ3n) is 2.73. The number of benzene rings is 2. The number of phenolic OH excluding ortho intramolecular Hbond substituents is 1. The quantitative estimate of drug-likeness (QED) is 0.853. The molecule has 0 spiro atoms. The van der Waals surface area contributed by atoms with Crippen LogP contribution in [-0.4, -0.2) is 18.0 Å². The highest BCUT2D eigenvalue weighted by Gasteiger charge is 2.11. The van der Waals surface area contributed by atoms with Gasteiger partial charge in [-0.05, 0) is 42.5 Å². The second-order valence-electron chi connectivity index (χ2n) is 3.90. The first-order chi connectivity index (χ1) is 9.15. The topological polar surface area (TPSA) is 70.3 Å². The van der Waals surface area contributed by atoms with Crippen molar-refractivity contribution in [2.24, 2.45) is 0 Å². The maximum atomic E-state index is 12.2. The Bertz CT molecular complexity index is 654. The van der Waals surface area contributed by atoms with Crippen LogP contribution in [0.4, 0.5) is 0 Å². The van der Waals surface area contributed by atoms with Gasteiger partial charge in [0.1, 0.15) is 17.6 Å². The standard InChI is InChI=1S/C15H11NO3/c1-19-13-5-2-10(3-6-13)15(18)11-4-7-14(17)12(8-11)9-16/h2-8,17H,1H3. The molecule has 0 radical (unpaired) electrons. The number of methoxy groups -OCH3 is 1. The fraction of sp³-hybridized carbons (Fsp3) is 0.0667. The fourth-order valence-electron chi connectivity index (χ4n) is 1.68. The molecule has 0 aliphatic heterocycles. The molecule has 2 rings (SSSR count). The highest BCUT2D eigenvalue weighted by Crippen LogP contribution is 2.20. The maximum Gasteiger partial charge on any atom is 0.193 e. The predicted molar refractivity (Wildman–Crippen MR) is 69.2 cm³/mol. The normalized spacial score (nSPS) is 9.68. The lowest BCUT2D eigenvalue weighted by Crippen LogP contribution is -2.01. The van der Waals surface area contributed by atoms with Crippen LogP contribution in [0.3, 0.4) is 0 Å². The molecule has 0 saturated heterocycles. The van der Waals surface area contributed by atoms with Crippen LogP contribution in [0.15, 0.2) is 42.5 Å². The van der Waals surface area contributed by atoms with Crippen molar-refractivity contribution in [2.75, 3.05) is 7.11 Å². The predicted octanol–water partition coefficient (Wildman–Crippen LogP) is 2.50. The minimum Gasteiger partial charge on any atom is -0.507 e. The molecule has 0 amide bonds. The van der Waals surface area contributed by atoms with Crippen molar-refractivity contribution >= 4 is 5.78 Å². The number of carbonyl (C=O) groups excluding carboxylic acids is 1. The summed E-state index contributed by atoms with van der Waals surface area (Å²) in [6.07, 6.45) is 0. The van der Waals surface area contributed by atoms with E-state index in [9.17, 15) is 9.90 Å². The summed E-state index contributed by atoms with van der Waals surface area (Å²) in [7, 11) is 1.55. The van der Waals surface area contributed by atoms with Crippen molar-refractivity contribution in [2.45, 2.75) is 0 Å². The third kappa shape index (κ3) is 2.55. The molecule has 0 aromatic heterocycles. The van der Waals surface area contributed by atoms with E-state index in [0.717, 1.165) is 0 Å². The van der Waals surface area contributed by atoms with Gasteiger partial charge in [-0.1, -0.05) is 0 Å². The number of aromatic hydroxyl groups is 1. The number of carbonyl (C=O) groups is 1. The van der Waals surface area contributed by atoms with Gasteiger partial charge in [0.25, 0.3) is 0 Å². The summed E-state index contributed by atoms with van der Waals surface area (Å²) in [6, 6.07) is 12.7. The van der Waals surface area contributed by atoms with E-state index in [4.69, 9.17) is 10.00 Å². The smallest absolute Gasteiger partial charge is 0.193 e. The van der Waals surface area contributed by atoms with Gasteiger partial charge in [-0.15, -0.1) is 0 Å². The van der Waals surface area contributed by atoms with Gasteiger partial charge in [0, 0.05) is 11.1 Å². The monoisotopic (exact) mass is 253 g/mol. The molecule has 2 aromatic rings. The van der Waals surface area contributed by atoms with E-state index < -0.39 is 0 Å². The van der Waals surface area contributed by atoms with Gasteiger partial charge in [-0.25, -0.2) is 0 Å². The Labute approximate surface area is 110 Å². The van der Waals surface area contributed by atoms with E-state index in [2.05, 4.69) is 0 Å². The SMILES string of the molecule is COc1ccc(C(=O)c2ccc(O)c(C#N)c2)cc1. The van der Waals surface area contributed by atoms with Crippen LogP contribution >= 0.6 is 0 Å². The number of hydrogen-bond donors (Lipinski definition) is 1. The Hall–Kier alpha value is -2.80. The molecule has 4 nitrogen and oxygen atoms in total. The van der Waals surface area contributed by atoms with Crippen LogP contribution in [0.2, 0.25) is 0 Å². The molecule has 0 aliphatic rings. The molecule has 94 valence electrons. The Morgan fingerprint density at radius 3 is 2.37 bits per heavy atom. The minimum atomic E-state index is -0.209. The van der Waals surface area contributed by atoms with E-state index >= 15 is 0 Å². The number of hydrogen-bond acceptors (Lipinski definition) is 4. The van der Waals surface area contributed by atoms with E-state index in [-0.39, 0.29) is 17.1 Å². The van der Waals surface area contributed by atoms with Gasteiger partial charge in [0.05, 0.1) is 12.7 Å². The van der Waals surface area contributed by atoms with Crippen molar-refractivity contribution in [3.63, 3.8) is 0 Å². The number of phenols is 1. The molecule has 4 heteroatoms. The van der Waals surface area contributed by atoms with E-state index in [0.29, 0.717) is 16.9 Å². The van der Waals surface area contributed by atoms with Gasteiger partial charge in [-0.3, -0.25) is 4.79 Å². The van der Waals surface area contributed by atoms with Crippen molar-refractivity contribution in [1.29, 1.82) is 5.26 Å². The Kier molecular flexibility index (Phi) is 3.48. The minimum absolute atomic E-state index is 0.0827. The van der Waals surface area contributed by atoms with Gasteiger partial charge < -0.3 is 9.84 Å². The van der Waals surface area contributed by atoms with Crippen molar-refractivity contribution < 1.29 is 14.6 Å². The van der Waals surface area contributed by atoms with Crippen LogP contribution < -0.4 is 4.74 Å². The highest BCUT2D eigenvalue weighted by atomic mass is 16.5. The molecule has 0 unspecified atom stereocenters. The van der Waals surface area contributed by atoms with Crippen LogP contribution in [0.1, 0.15) is 21.5 Å². The molecule has 0 fully saturated rings. The van der Waals surface area contributed by atoms with Crippen molar-refractivity contribution in [3.8, 4) is 17.6 Å². The Morgan fingerprint density at radius 1 is 1.16 bits per heavy atom. The lowest BCUT2D eigenvalue weighted by molar-refractivity contribution is 0.103. The second kappa shape index (κ2) is 5.23. The molecular weight excluding hydrogens is 242 g/mol. The summed E-state index contributed by atoms with van der Waals surface area (Å²) >= 11 is 0. The second-order valence-corrected chi connectivity index (χ2v) is 3.90. The van der Waals surface area contributed by atoms with Gasteiger partial charge in [0.15, 0.2) is 5.78 Å². The molecular formula is C15H11NO3. The van der Waals surface area contributed by atoms with Crippen LogP contribution in [0.25, 0.3) is 0 Å². The zero-order chi connectivity index (χ0) is 13.8. The summed E-state index contributed by atoms with van der Waals surface area (Å²) in [6.45, 7) is 0. The average molecular weight is 253 g/mol. The summed E-state index contributed by atoms with van der Waals surface area (Å²) in [5, 5.41) is 18.2. The molecule has 0 bridgehead atoms. The zero-order valence-electron chi connectivity index (χ0n) is 10.3. The Morgan fingerprint density at radius 2 is 1.79 bits per heavy atom. The Balaban J connectivity index is 2.36. The number of rotatable bonds is 3. The number of ether oxygens (including phenoxy) is 1. The lowest BCUT2D eigenvalue weighted by Gasteiger charge is -2.04. The van der Waals surface area contributed by atoms with Crippen LogP contribution in [0, 0.1) is 11.3 Å². The highest BCUT2D eigenvalue weighted by molar-refractivity contribution is 6.09. The first-order valence-electron chi connectivity index (χ1n) is 5.57.